The van der Waals surface area contributed by atoms with Crippen molar-refractivity contribution in [3.05, 3.63) is 44.5 Å². The summed E-state index contributed by atoms with van der Waals surface area (Å²) in [6.45, 7) is 5.59. The number of hydrogen-bond acceptors (Lipinski definition) is 7. The van der Waals surface area contributed by atoms with Crippen molar-refractivity contribution >= 4 is 60.6 Å². The molecule has 1 fully saturated rings. The maximum Gasteiger partial charge on any atom is 0.267 e. The number of aryl methyl sites for hydroxylation is 1. The summed E-state index contributed by atoms with van der Waals surface area (Å²) in [6, 6.07) is 3.68. The summed E-state index contributed by atoms with van der Waals surface area (Å²) in [4.78, 5) is 17.5. The lowest BCUT2D eigenvalue weighted by atomic mass is 10.1. The van der Waals surface area contributed by atoms with Crippen LogP contribution in [0.1, 0.15) is 39.0 Å². The highest BCUT2D eigenvalue weighted by atomic mass is 79.9. The SMILES string of the molecule is Cc1c(O)cc(Br)c(C)c1NC(=O)c1cnc(Nc2cc(C)n(C3CCS(=O)C3)n2)s1. The number of nitrogens with zero attached hydrogens (tertiary/aromatic N) is 3. The second-order valence-corrected chi connectivity index (χ2v) is 11.0. The number of carbonyl (C=O) groups is 1. The molecule has 2 aromatic heterocycles. The number of aromatic hydroxyl groups is 1. The van der Waals surface area contributed by atoms with Crippen LogP contribution in [0.5, 0.6) is 5.75 Å². The van der Waals surface area contributed by atoms with Crippen molar-refractivity contribution in [1.29, 1.82) is 0 Å². The van der Waals surface area contributed by atoms with Gasteiger partial charge in [-0.25, -0.2) is 4.98 Å². The zero-order chi connectivity index (χ0) is 22.3. The molecule has 11 heteroatoms. The topological polar surface area (TPSA) is 109 Å². The first-order chi connectivity index (χ1) is 14.7. The van der Waals surface area contributed by atoms with E-state index in [9.17, 15) is 14.1 Å². The van der Waals surface area contributed by atoms with Gasteiger partial charge in [0, 0.05) is 44.1 Å². The average Bonchev–Trinajstić information content (AvgIpc) is 3.44. The summed E-state index contributed by atoms with van der Waals surface area (Å²) in [6.07, 6.45) is 2.37. The molecule has 1 aliphatic rings. The number of amides is 1. The molecule has 1 saturated heterocycles. The largest absolute Gasteiger partial charge is 0.508 e. The number of carbonyl (C=O) groups excluding carboxylic acids is 1. The molecule has 2 unspecified atom stereocenters. The van der Waals surface area contributed by atoms with Crippen LogP contribution in [0, 0.1) is 20.8 Å². The molecule has 0 radical (unpaired) electrons. The van der Waals surface area contributed by atoms with Gasteiger partial charge >= 0.3 is 0 Å². The van der Waals surface area contributed by atoms with Gasteiger partial charge in [-0.15, -0.1) is 0 Å². The number of aromatic nitrogens is 3. The minimum atomic E-state index is -0.770. The molecule has 0 aliphatic carbocycles. The predicted molar refractivity (Wildman–Crippen MR) is 127 cm³/mol. The Kier molecular flexibility index (Phi) is 6.18. The van der Waals surface area contributed by atoms with Crippen LogP contribution in [0.15, 0.2) is 22.8 Å². The number of halogens is 1. The summed E-state index contributed by atoms with van der Waals surface area (Å²) >= 11 is 4.61. The number of rotatable bonds is 5. The third-order valence-corrected chi connectivity index (χ3v) is 8.47. The normalized spacial score (nSPS) is 18.3. The van der Waals surface area contributed by atoms with E-state index < -0.39 is 10.8 Å². The number of hydrogen-bond donors (Lipinski definition) is 3. The molecular weight excluding hydrogens is 502 g/mol. The van der Waals surface area contributed by atoms with Crippen molar-refractivity contribution in [3.8, 4) is 5.75 Å². The maximum absolute atomic E-state index is 12.8. The van der Waals surface area contributed by atoms with E-state index in [4.69, 9.17) is 0 Å². The third kappa shape index (κ3) is 4.53. The Hall–Kier alpha value is -2.24. The van der Waals surface area contributed by atoms with Gasteiger partial charge in [0.25, 0.3) is 5.91 Å². The number of phenolic OH excluding ortho intramolecular Hbond substituents is 1. The van der Waals surface area contributed by atoms with Gasteiger partial charge in [0.2, 0.25) is 0 Å². The van der Waals surface area contributed by atoms with Crippen molar-refractivity contribution in [1.82, 2.24) is 14.8 Å². The van der Waals surface area contributed by atoms with Crippen LogP contribution in [-0.4, -0.2) is 41.5 Å². The second kappa shape index (κ2) is 8.71. The lowest BCUT2D eigenvalue weighted by molar-refractivity contribution is 0.103. The first kappa shape index (κ1) is 22.0. The number of anilines is 3. The molecule has 164 valence electrons. The molecule has 0 bridgehead atoms. The minimum absolute atomic E-state index is 0.108. The van der Waals surface area contributed by atoms with Gasteiger partial charge in [0.15, 0.2) is 10.9 Å². The van der Waals surface area contributed by atoms with Crippen LogP contribution in [0.4, 0.5) is 16.6 Å². The number of phenols is 1. The van der Waals surface area contributed by atoms with E-state index >= 15 is 0 Å². The van der Waals surface area contributed by atoms with Crippen molar-refractivity contribution in [2.75, 3.05) is 22.1 Å². The fourth-order valence-electron chi connectivity index (χ4n) is 3.53. The summed E-state index contributed by atoms with van der Waals surface area (Å²) in [7, 11) is -0.770. The highest BCUT2D eigenvalue weighted by molar-refractivity contribution is 9.10. The standard InChI is InChI=1S/C20H22BrN5O3S2/c1-10-6-17(25-26(10)13-4-5-31(29)9-13)23-20-22-8-16(30-20)19(28)24-18-11(2)14(21)7-15(27)12(18)3/h6-8,13,27H,4-5,9H2,1-3H3,(H,24,28)(H,22,23,25). The predicted octanol–water partition coefficient (Wildman–Crippen LogP) is 4.42. The molecule has 2 atom stereocenters. The Bertz CT molecular complexity index is 1160. The zero-order valence-electron chi connectivity index (χ0n) is 17.2. The van der Waals surface area contributed by atoms with Gasteiger partial charge < -0.3 is 15.7 Å². The molecule has 3 aromatic rings. The smallest absolute Gasteiger partial charge is 0.267 e. The van der Waals surface area contributed by atoms with Crippen LogP contribution in [0.25, 0.3) is 0 Å². The molecule has 1 amide bonds. The van der Waals surface area contributed by atoms with Crippen molar-refractivity contribution < 1.29 is 14.1 Å². The molecule has 31 heavy (non-hydrogen) atoms. The van der Waals surface area contributed by atoms with Crippen LogP contribution >= 0.6 is 27.3 Å². The second-order valence-electron chi connectivity index (χ2n) is 7.48. The van der Waals surface area contributed by atoms with Crippen molar-refractivity contribution in [3.63, 3.8) is 0 Å². The minimum Gasteiger partial charge on any atom is -0.508 e. The van der Waals surface area contributed by atoms with E-state index in [1.807, 2.05) is 24.6 Å². The van der Waals surface area contributed by atoms with E-state index in [1.165, 1.54) is 17.5 Å². The molecular formula is C20H22BrN5O3S2. The van der Waals surface area contributed by atoms with Crippen LogP contribution in [-0.2, 0) is 10.8 Å². The fourth-order valence-corrected chi connectivity index (χ4v) is 6.11. The first-order valence-electron chi connectivity index (χ1n) is 9.67. The third-order valence-electron chi connectivity index (χ3n) is 5.28. The fraction of sp³-hybridized carbons (Fsp3) is 0.350. The number of benzene rings is 1. The Balaban J connectivity index is 1.48. The molecule has 4 rings (SSSR count). The van der Waals surface area contributed by atoms with Gasteiger partial charge in [-0.2, -0.15) is 5.10 Å². The molecule has 3 N–H and O–H groups in total. The van der Waals surface area contributed by atoms with E-state index in [0.29, 0.717) is 38.6 Å². The monoisotopic (exact) mass is 523 g/mol. The van der Waals surface area contributed by atoms with E-state index in [1.54, 1.807) is 13.0 Å². The van der Waals surface area contributed by atoms with Crippen molar-refractivity contribution in [2.45, 2.75) is 33.2 Å². The summed E-state index contributed by atoms with van der Waals surface area (Å²) < 4.78 is 14.3. The molecule has 0 saturated carbocycles. The lowest BCUT2D eigenvalue weighted by Gasteiger charge is -2.13. The Morgan fingerprint density at radius 2 is 2.10 bits per heavy atom. The van der Waals surface area contributed by atoms with Crippen LogP contribution in [0.2, 0.25) is 0 Å². The Morgan fingerprint density at radius 3 is 2.81 bits per heavy atom. The molecule has 8 nitrogen and oxygen atoms in total. The highest BCUT2D eigenvalue weighted by Crippen LogP contribution is 2.35. The number of thiazole rings is 1. The Morgan fingerprint density at radius 1 is 1.32 bits per heavy atom. The zero-order valence-corrected chi connectivity index (χ0v) is 20.4. The van der Waals surface area contributed by atoms with Crippen LogP contribution < -0.4 is 10.6 Å². The summed E-state index contributed by atoms with van der Waals surface area (Å²) in [5.41, 5.74) is 3.00. The van der Waals surface area contributed by atoms with Crippen LogP contribution in [0.3, 0.4) is 0 Å². The summed E-state index contributed by atoms with van der Waals surface area (Å²) in [5, 5.41) is 21.2. The Labute approximate surface area is 194 Å². The summed E-state index contributed by atoms with van der Waals surface area (Å²) in [5.74, 6) is 1.79. The van der Waals surface area contributed by atoms with E-state index in [-0.39, 0.29) is 17.7 Å². The maximum atomic E-state index is 12.8. The van der Waals surface area contributed by atoms with Crippen molar-refractivity contribution in [2.24, 2.45) is 0 Å². The highest BCUT2D eigenvalue weighted by Gasteiger charge is 2.25. The van der Waals surface area contributed by atoms with Gasteiger partial charge in [-0.1, -0.05) is 27.3 Å². The van der Waals surface area contributed by atoms with Gasteiger partial charge in [0.1, 0.15) is 10.6 Å². The van der Waals surface area contributed by atoms with E-state index in [2.05, 4.69) is 36.6 Å². The van der Waals surface area contributed by atoms with Gasteiger partial charge in [-0.05, 0) is 38.8 Å². The average molecular weight is 524 g/mol. The molecule has 3 heterocycles. The number of nitrogens with one attached hydrogen (secondary N) is 2. The molecule has 1 aliphatic heterocycles. The lowest BCUT2D eigenvalue weighted by Crippen LogP contribution is -2.12. The van der Waals surface area contributed by atoms with Gasteiger partial charge in [-0.3, -0.25) is 13.7 Å². The molecule has 0 spiro atoms. The first-order valence-corrected chi connectivity index (χ1v) is 12.8. The molecule has 1 aromatic carbocycles. The quantitative estimate of drug-likeness (QED) is 0.456. The van der Waals surface area contributed by atoms with E-state index in [0.717, 1.165) is 22.2 Å². The van der Waals surface area contributed by atoms with Gasteiger partial charge in [0.05, 0.1) is 17.9 Å².